The molecule has 2 atom stereocenters. The predicted molar refractivity (Wildman–Crippen MR) is 118 cm³/mol. The Kier molecular flexibility index (Phi) is 8.32. The third-order valence-corrected chi connectivity index (χ3v) is 6.33. The summed E-state index contributed by atoms with van der Waals surface area (Å²) in [6, 6.07) is 9.91. The van der Waals surface area contributed by atoms with Gasteiger partial charge in [0.2, 0.25) is 5.91 Å². The maximum absolute atomic E-state index is 13.0. The monoisotopic (exact) mass is 380 g/mol. The number of amides is 1. The van der Waals surface area contributed by atoms with Crippen molar-refractivity contribution < 1.29 is 4.79 Å². The minimum Gasteiger partial charge on any atom is -0.325 e. The van der Waals surface area contributed by atoms with Crippen molar-refractivity contribution in [3.05, 3.63) is 36.5 Å². The van der Waals surface area contributed by atoms with E-state index in [0.717, 1.165) is 23.0 Å². The summed E-state index contributed by atoms with van der Waals surface area (Å²) in [5, 5.41) is 4.23. The van der Waals surface area contributed by atoms with Crippen LogP contribution in [-0.2, 0) is 4.79 Å². The summed E-state index contributed by atoms with van der Waals surface area (Å²) in [5.41, 5.74) is 1.83. The number of pyridine rings is 1. The van der Waals surface area contributed by atoms with Crippen molar-refractivity contribution >= 4 is 22.5 Å². The highest BCUT2D eigenvalue weighted by molar-refractivity contribution is 6.01. The smallest absolute Gasteiger partial charge is 0.227 e. The van der Waals surface area contributed by atoms with E-state index in [1.54, 1.807) is 6.20 Å². The fourth-order valence-corrected chi connectivity index (χ4v) is 4.71. The quantitative estimate of drug-likeness (QED) is 0.422. The van der Waals surface area contributed by atoms with Gasteiger partial charge in [0, 0.05) is 17.5 Å². The van der Waals surface area contributed by atoms with Crippen molar-refractivity contribution in [2.45, 2.75) is 84.0 Å². The molecule has 1 heterocycles. The Bertz CT molecular complexity index is 737. The number of hydrogen-bond acceptors (Lipinski definition) is 2. The van der Waals surface area contributed by atoms with Crippen molar-refractivity contribution in [3.63, 3.8) is 0 Å². The van der Waals surface area contributed by atoms with Crippen LogP contribution in [0, 0.1) is 11.8 Å². The molecule has 3 nitrogen and oxygen atoms in total. The highest BCUT2D eigenvalue weighted by atomic mass is 16.1. The van der Waals surface area contributed by atoms with E-state index in [4.69, 9.17) is 0 Å². The normalized spacial score (nSPS) is 19.2. The molecule has 28 heavy (non-hydrogen) atoms. The second kappa shape index (κ2) is 11.2. The minimum atomic E-state index is 0.177. The van der Waals surface area contributed by atoms with E-state index in [2.05, 4.69) is 17.2 Å². The summed E-state index contributed by atoms with van der Waals surface area (Å²) >= 11 is 0. The average Bonchev–Trinajstić information content (AvgIpc) is 3.19. The first-order valence-corrected chi connectivity index (χ1v) is 11.4. The van der Waals surface area contributed by atoms with Crippen molar-refractivity contribution in [2.24, 2.45) is 11.8 Å². The van der Waals surface area contributed by atoms with Gasteiger partial charge in [-0.2, -0.15) is 0 Å². The van der Waals surface area contributed by atoms with Crippen LogP contribution in [0.3, 0.4) is 0 Å². The molecule has 3 heteroatoms. The molecule has 1 N–H and O–H groups in total. The minimum absolute atomic E-state index is 0.177. The number of nitrogens with one attached hydrogen (secondary N) is 1. The summed E-state index contributed by atoms with van der Waals surface area (Å²) in [7, 11) is 0. The van der Waals surface area contributed by atoms with E-state index in [9.17, 15) is 4.79 Å². The molecule has 1 aromatic heterocycles. The number of rotatable bonds is 11. The van der Waals surface area contributed by atoms with Gasteiger partial charge >= 0.3 is 0 Å². The Morgan fingerprint density at radius 1 is 1.00 bits per heavy atom. The van der Waals surface area contributed by atoms with Crippen LogP contribution in [0.4, 0.5) is 5.69 Å². The van der Waals surface area contributed by atoms with Crippen LogP contribution in [0.15, 0.2) is 36.5 Å². The maximum Gasteiger partial charge on any atom is 0.227 e. The predicted octanol–water partition coefficient (Wildman–Crippen LogP) is 7.12. The fraction of sp³-hybridized carbons (Fsp3) is 0.600. The van der Waals surface area contributed by atoms with E-state index in [-0.39, 0.29) is 11.8 Å². The Morgan fingerprint density at radius 2 is 1.79 bits per heavy atom. The molecule has 2 aromatic rings. The van der Waals surface area contributed by atoms with Gasteiger partial charge in [-0.15, -0.1) is 0 Å². The van der Waals surface area contributed by atoms with Crippen LogP contribution >= 0.6 is 0 Å². The van der Waals surface area contributed by atoms with E-state index in [1.165, 1.54) is 70.6 Å². The zero-order valence-corrected chi connectivity index (χ0v) is 17.5. The number of carbonyl (C=O) groups excluding carboxylic acids is 1. The van der Waals surface area contributed by atoms with Gasteiger partial charge in [0.15, 0.2) is 0 Å². The third-order valence-electron chi connectivity index (χ3n) is 6.33. The molecule has 0 bridgehead atoms. The van der Waals surface area contributed by atoms with Crippen LogP contribution in [0.2, 0.25) is 0 Å². The standard InChI is InChI=1S/C25H36N2O/c1-2-3-4-5-6-7-8-9-13-20-14-10-15-21(20)25(28)27-24-18-11-17-23-22(24)16-12-19-26-23/h11-12,16-21H,2-10,13-15H2,1H3,(H,27,28). The van der Waals surface area contributed by atoms with Gasteiger partial charge in [-0.25, -0.2) is 0 Å². The average molecular weight is 381 g/mol. The molecule has 2 unspecified atom stereocenters. The first kappa shape index (κ1) is 20.8. The lowest BCUT2D eigenvalue weighted by Gasteiger charge is -2.19. The molecule has 1 aliphatic rings. The van der Waals surface area contributed by atoms with Gasteiger partial charge in [-0.1, -0.05) is 70.8 Å². The van der Waals surface area contributed by atoms with E-state index >= 15 is 0 Å². The van der Waals surface area contributed by atoms with Crippen LogP contribution in [0.25, 0.3) is 10.9 Å². The van der Waals surface area contributed by atoms with Crippen LogP contribution in [0.1, 0.15) is 84.0 Å². The molecule has 3 rings (SSSR count). The number of nitrogens with zero attached hydrogens (tertiary/aromatic N) is 1. The van der Waals surface area contributed by atoms with Crippen LogP contribution in [-0.4, -0.2) is 10.9 Å². The van der Waals surface area contributed by atoms with Crippen LogP contribution < -0.4 is 5.32 Å². The Morgan fingerprint density at radius 3 is 2.61 bits per heavy atom. The van der Waals surface area contributed by atoms with Gasteiger partial charge < -0.3 is 5.32 Å². The fourth-order valence-electron chi connectivity index (χ4n) is 4.71. The van der Waals surface area contributed by atoms with Crippen molar-refractivity contribution in [1.82, 2.24) is 4.98 Å². The van der Waals surface area contributed by atoms with Gasteiger partial charge in [-0.3, -0.25) is 9.78 Å². The zero-order valence-electron chi connectivity index (χ0n) is 17.5. The van der Waals surface area contributed by atoms with Gasteiger partial charge in [0.25, 0.3) is 0 Å². The molecule has 1 saturated carbocycles. The van der Waals surface area contributed by atoms with Crippen molar-refractivity contribution in [3.8, 4) is 0 Å². The molecular formula is C25H36N2O. The van der Waals surface area contributed by atoms with E-state index in [0.29, 0.717) is 5.92 Å². The second-order valence-corrected chi connectivity index (χ2v) is 8.43. The van der Waals surface area contributed by atoms with E-state index < -0.39 is 0 Å². The summed E-state index contributed by atoms with van der Waals surface area (Å²) in [6.45, 7) is 2.27. The van der Waals surface area contributed by atoms with Gasteiger partial charge in [0.1, 0.15) is 0 Å². The van der Waals surface area contributed by atoms with Gasteiger partial charge in [-0.05, 0) is 49.4 Å². The molecule has 1 aliphatic carbocycles. The number of benzene rings is 1. The summed E-state index contributed by atoms with van der Waals surface area (Å²) in [4.78, 5) is 17.4. The first-order chi connectivity index (χ1) is 13.8. The summed E-state index contributed by atoms with van der Waals surface area (Å²) in [5.74, 6) is 0.947. The molecule has 1 amide bonds. The largest absolute Gasteiger partial charge is 0.325 e. The summed E-state index contributed by atoms with van der Waals surface area (Å²) < 4.78 is 0. The van der Waals surface area contributed by atoms with Crippen molar-refractivity contribution in [2.75, 3.05) is 5.32 Å². The third kappa shape index (κ3) is 5.80. The number of carbonyl (C=O) groups is 1. The molecule has 1 aromatic carbocycles. The highest BCUT2D eigenvalue weighted by Gasteiger charge is 2.32. The number of unbranched alkanes of at least 4 members (excludes halogenated alkanes) is 7. The van der Waals surface area contributed by atoms with Crippen LogP contribution in [0.5, 0.6) is 0 Å². The van der Waals surface area contributed by atoms with Crippen molar-refractivity contribution in [1.29, 1.82) is 0 Å². The topological polar surface area (TPSA) is 42.0 Å². The Hall–Kier alpha value is -1.90. The number of anilines is 1. The molecular weight excluding hydrogens is 344 g/mol. The maximum atomic E-state index is 13.0. The molecule has 0 aliphatic heterocycles. The zero-order chi connectivity index (χ0) is 19.6. The molecule has 0 spiro atoms. The SMILES string of the molecule is CCCCCCCCCCC1CCCC1C(=O)Nc1cccc2ncccc12. The molecule has 0 saturated heterocycles. The number of hydrogen-bond donors (Lipinski definition) is 1. The second-order valence-electron chi connectivity index (χ2n) is 8.43. The molecule has 1 fully saturated rings. The number of fused-ring (bicyclic) bond motifs is 1. The summed E-state index contributed by atoms with van der Waals surface area (Å²) in [6.07, 6.45) is 17.3. The van der Waals surface area contributed by atoms with Gasteiger partial charge in [0.05, 0.1) is 11.2 Å². The lowest BCUT2D eigenvalue weighted by molar-refractivity contribution is -0.120. The molecule has 152 valence electrons. The van der Waals surface area contributed by atoms with E-state index in [1.807, 2.05) is 30.3 Å². The molecule has 0 radical (unpaired) electrons. The number of aromatic nitrogens is 1. The Balaban J connectivity index is 1.45. The lowest BCUT2D eigenvalue weighted by Crippen LogP contribution is -2.26. The highest BCUT2D eigenvalue weighted by Crippen LogP contribution is 2.36. The first-order valence-electron chi connectivity index (χ1n) is 11.4. The lowest BCUT2D eigenvalue weighted by atomic mass is 9.89. The Labute approximate surface area is 170 Å².